The molecule has 2 rings (SSSR count). The van der Waals surface area contributed by atoms with Crippen molar-refractivity contribution in [2.24, 2.45) is 0 Å². The van der Waals surface area contributed by atoms with Gasteiger partial charge in [0.25, 0.3) is 10.0 Å². The van der Waals surface area contributed by atoms with Crippen LogP contribution in [0.1, 0.15) is 11.3 Å². The van der Waals surface area contributed by atoms with Crippen molar-refractivity contribution in [3.8, 4) is 0 Å². The third-order valence-corrected chi connectivity index (χ3v) is 3.92. The van der Waals surface area contributed by atoms with Gasteiger partial charge in [-0.2, -0.15) is 0 Å². The lowest BCUT2D eigenvalue weighted by molar-refractivity contribution is 0.601. The van der Waals surface area contributed by atoms with Crippen LogP contribution in [-0.4, -0.2) is 18.4 Å². The molecule has 5 nitrogen and oxygen atoms in total. The molecule has 0 bridgehead atoms. The maximum atomic E-state index is 12.1. The molecule has 1 aromatic carbocycles. The number of benzene rings is 1. The molecule has 0 spiro atoms. The highest BCUT2D eigenvalue weighted by Gasteiger charge is 2.15. The van der Waals surface area contributed by atoms with Crippen molar-refractivity contribution in [2.75, 3.05) is 4.72 Å². The van der Waals surface area contributed by atoms with Crippen LogP contribution in [0.15, 0.2) is 35.2 Å². The number of nitrogens with zero attached hydrogens (tertiary/aromatic N) is 2. The molecule has 0 unspecified atom stereocenters. The smallest absolute Gasteiger partial charge is 0.247 e. The van der Waals surface area contributed by atoms with Crippen molar-refractivity contribution in [3.05, 3.63) is 46.7 Å². The third kappa shape index (κ3) is 3.42. The van der Waals surface area contributed by atoms with Gasteiger partial charge >= 0.3 is 0 Å². The number of halogens is 1. The van der Waals surface area contributed by atoms with Crippen LogP contribution < -0.4 is 4.72 Å². The zero-order valence-corrected chi connectivity index (χ0v) is 12.0. The number of hydrogen-bond donors (Lipinski definition) is 1. The highest BCUT2D eigenvalue weighted by molar-refractivity contribution is 7.92. The van der Waals surface area contributed by atoms with Crippen LogP contribution in [0.5, 0.6) is 0 Å². The molecule has 1 aromatic heterocycles. The molecule has 0 saturated carbocycles. The summed E-state index contributed by atoms with van der Waals surface area (Å²) in [5.74, 6) is -0.0365. The summed E-state index contributed by atoms with van der Waals surface area (Å²) in [4.78, 5) is 7.95. The Bertz CT molecular complexity index is 679. The Labute approximate surface area is 116 Å². The lowest BCUT2D eigenvalue weighted by Crippen LogP contribution is -2.15. The second kappa shape index (κ2) is 5.14. The minimum absolute atomic E-state index is 0.0365. The molecule has 0 aliphatic carbocycles. The Balaban J connectivity index is 2.33. The number of anilines is 1. The van der Waals surface area contributed by atoms with Gasteiger partial charge in [0, 0.05) is 5.69 Å². The van der Waals surface area contributed by atoms with Crippen molar-refractivity contribution >= 4 is 27.6 Å². The summed E-state index contributed by atoms with van der Waals surface area (Å²) in [6.45, 7) is 3.59. The fourth-order valence-corrected chi connectivity index (χ4v) is 2.65. The second-order valence-electron chi connectivity index (χ2n) is 4.07. The van der Waals surface area contributed by atoms with Crippen molar-refractivity contribution in [1.82, 2.24) is 9.97 Å². The lowest BCUT2D eigenvalue weighted by Gasteiger charge is -2.07. The van der Waals surface area contributed by atoms with Gasteiger partial charge in [-0.3, -0.25) is 0 Å². The van der Waals surface area contributed by atoms with E-state index in [1.165, 1.54) is 12.1 Å². The molecular weight excluding hydrogens is 286 g/mol. The van der Waals surface area contributed by atoms with Crippen molar-refractivity contribution < 1.29 is 8.42 Å². The molecule has 100 valence electrons. The maximum absolute atomic E-state index is 12.1. The normalized spacial score (nSPS) is 11.3. The van der Waals surface area contributed by atoms with E-state index < -0.39 is 10.0 Å². The highest BCUT2D eigenvalue weighted by atomic mass is 35.5. The number of aryl methyl sites for hydroxylation is 2. The molecule has 1 N–H and O–H groups in total. The predicted octanol–water partition coefficient (Wildman–Crippen LogP) is 2.55. The van der Waals surface area contributed by atoms with Crippen LogP contribution in [0.4, 0.5) is 5.95 Å². The topological polar surface area (TPSA) is 72.0 Å². The highest BCUT2D eigenvalue weighted by Crippen LogP contribution is 2.16. The van der Waals surface area contributed by atoms with Gasteiger partial charge in [0.2, 0.25) is 5.95 Å². The van der Waals surface area contributed by atoms with Crippen LogP contribution in [-0.2, 0) is 10.0 Å². The summed E-state index contributed by atoms with van der Waals surface area (Å²) in [6.07, 6.45) is 0. The fourth-order valence-electron chi connectivity index (χ4n) is 1.47. The molecule has 0 atom stereocenters. The van der Waals surface area contributed by atoms with Crippen molar-refractivity contribution in [2.45, 2.75) is 18.7 Å². The zero-order valence-electron chi connectivity index (χ0n) is 10.4. The predicted molar refractivity (Wildman–Crippen MR) is 73.8 cm³/mol. The standard InChI is InChI=1S/C12H12ClN3O2S/c1-8-3-5-10(6-4-8)19(17,18)16-12-14-9(2)7-11(13)15-12/h3-7H,1-2H3,(H,14,15,16). The van der Waals surface area contributed by atoms with Gasteiger partial charge in [-0.25, -0.2) is 23.1 Å². The zero-order chi connectivity index (χ0) is 14.0. The van der Waals surface area contributed by atoms with E-state index in [4.69, 9.17) is 11.6 Å². The minimum atomic E-state index is -3.70. The number of aromatic nitrogens is 2. The van der Waals surface area contributed by atoms with Gasteiger partial charge in [-0.1, -0.05) is 29.3 Å². The first-order chi connectivity index (χ1) is 8.87. The Hall–Kier alpha value is -1.66. The monoisotopic (exact) mass is 297 g/mol. The minimum Gasteiger partial charge on any atom is -0.247 e. The van der Waals surface area contributed by atoms with E-state index in [2.05, 4.69) is 14.7 Å². The third-order valence-electron chi connectivity index (χ3n) is 2.38. The van der Waals surface area contributed by atoms with E-state index >= 15 is 0 Å². The molecule has 2 aromatic rings. The first kappa shape index (κ1) is 13.8. The van der Waals surface area contributed by atoms with E-state index in [-0.39, 0.29) is 16.0 Å². The van der Waals surface area contributed by atoms with E-state index in [0.29, 0.717) is 5.69 Å². The fraction of sp³-hybridized carbons (Fsp3) is 0.167. The van der Waals surface area contributed by atoms with Crippen molar-refractivity contribution in [1.29, 1.82) is 0 Å². The van der Waals surface area contributed by atoms with Gasteiger partial charge in [-0.05, 0) is 32.0 Å². The first-order valence-electron chi connectivity index (χ1n) is 5.47. The maximum Gasteiger partial charge on any atom is 0.264 e. The molecule has 1 heterocycles. The van der Waals surface area contributed by atoms with Crippen molar-refractivity contribution in [3.63, 3.8) is 0 Å². The largest absolute Gasteiger partial charge is 0.264 e. The van der Waals surface area contributed by atoms with Crippen LogP contribution in [0.25, 0.3) is 0 Å². The lowest BCUT2D eigenvalue weighted by atomic mass is 10.2. The van der Waals surface area contributed by atoms with E-state index in [1.807, 2.05) is 6.92 Å². The van der Waals surface area contributed by atoms with E-state index in [9.17, 15) is 8.42 Å². The van der Waals surface area contributed by atoms with Gasteiger partial charge in [0.05, 0.1) is 4.90 Å². The Kier molecular flexibility index (Phi) is 3.73. The number of nitrogens with one attached hydrogen (secondary N) is 1. The van der Waals surface area contributed by atoms with Gasteiger partial charge in [0.1, 0.15) is 5.15 Å². The molecule has 7 heteroatoms. The number of hydrogen-bond acceptors (Lipinski definition) is 4. The molecular formula is C12H12ClN3O2S. The Morgan fingerprint density at radius 2 is 1.74 bits per heavy atom. The molecule has 19 heavy (non-hydrogen) atoms. The van der Waals surface area contributed by atoms with Gasteiger partial charge < -0.3 is 0 Å². The summed E-state index contributed by atoms with van der Waals surface area (Å²) >= 11 is 5.76. The molecule has 0 fully saturated rings. The van der Waals surface area contributed by atoms with E-state index in [0.717, 1.165) is 5.56 Å². The van der Waals surface area contributed by atoms with Crippen LogP contribution >= 0.6 is 11.6 Å². The Morgan fingerprint density at radius 1 is 1.11 bits per heavy atom. The molecule has 0 aliphatic heterocycles. The summed E-state index contributed by atoms with van der Waals surface area (Å²) in [6, 6.07) is 8.03. The summed E-state index contributed by atoms with van der Waals surface area (Å²) in [7, 11) is -3.70. The summed E-state index contributed by atoms with van der Waals surface area (Å²) in [5, 5.41) is 0.189. The molecule has 0 saturated heterocycles. The molecule has 0 amide bonds. The molecule has 0 radical (unpaired) electrons. The quantitative estimate of drug-likeness (QED) is 0.884. The van der Waals surface area contributed by atoms with Gasteiger partial charge in [-0.15, -0.1) is 0 Å². The molecule has 0 aliphatic rings. The number of rotatable bonds is 3. The van der Waals surface area contributed by atoms with E-state index in [1.54, 1.807) is 25.1 Å². The average Bonchev–Trinajstić information content (AvgIpc) is 2.27. The number of sulfonamides is 1. The van der Waals surface area contributed by atoms with Crippen LogP contribution in [0.3, 0.4) is 0 Å². The summed E-state index contributed by atoms with van der Waals surface area (Å²) < 4.78 is 26.5. The Morgan fingerprint density at radius 3 is 2.32 bits per heavy atom. The van der Waals surface area contributed by atoms with Crippen LogP contribution in [0, 0.1) is 13.8 Å². The van der Waals surface area contributed by atoms with Crippen LogP contribution in [0.2, 0.25) is 5.15 Å². The average molecular weight is 298 g/mol. The second-order valence-corrected chi connectivity index (χ2v) is 6.14. The first-order valence-corrected chi connectivity index (χ1v) is 7.33. The summed E-state index contributed by atoms with van der Waals surface area (Å²) in [5.41, 5.74) is 1.57. The van der Waals surface area contributed by atoms with Gasteiger partial charge in [0.15, 0.2) is 0 Å². The SMILES string of the molecule is Cc1ccc(S(=O)(=O)Nc2nc(C)cc(Cl)n2)cc1.